The van der Waals surface area contributed by atoms with E-state index in [1.165, 1.54) is 12.1 Å². The minimum Gasteiger partial charge on any atom is -0.481 e. The van der Waals surface area contributed by atoms with Crippen molar-refractivity contribution in [3.05, 3.63) is 53.5 Å². The van der Waals surface area contributed by atoms with E-state index in [9.17, 15) is 9.59 Å². The molecule has 1 amide bonds. The zero-order valence-electron chi connectivity index (χ0n) is 10.3. The second-order valence-electron chi connectivity index (χ2n) is 4.16. The Bertz CT molecular complexity index is 598. The van der Waals surface area contributed by atoms with E-state index >= 15 is 0 Å². The zero-order valence-corrected chi connectivity index (χ0v) is 10.3. The molecule has 1 aromatic heterocycles. The lowest BCUT2D eigenvalue weighted by Crippen LogP contribution is -2.10. The van der Waals surface area contributed by atoms with Crippen molar-refractivity contribution in [3.63, 3.8) is 0 Å². The van der Waals surface area contributed by atoms with Crippen LogP contribution < -0.4 is 5.32 Å². The van der Waals surface area contributed by atoms with Gasteiger partial charge in [0.05, 0.1) is 0 Å². The number of aliphatic carboxylic acids is 1. The molecule has 0 aliphatic carbocycles. The maximum atomic E-state index is 11.8. The van der Waals surface area contributed by atoms with Crippen molar-refractivity contribution in [2.45, 2.75) is 13.3 Å². The summed E-state index contributed by atoms with van der Waals surface area (Å²) in [5.74, 6) is -1.06. The number of nitrogens with one attached hydrogen (secondary N) is 1. The molecule has 1 heterocycles. The fraction of sp³-hybridized carbons (Fsp3) is 0.143. The van der Waals surface area contributed by atoms with E-state index in [1.54, 1.807) is 12.1 Å². The summed E-state index contributed by atoms with van der Waals surface area (Å²) in [6, 6.07) is 10.3. The molecule has 0 bridgehead atoms. The van der Waals surface area contributed by atoms with Gasteiger partial charge in [0, 0.05) is 5.69 Å². The van der Waals surface area contributed by atoms with Crippen molar-refractivity contribution in [2.24, 2.45) is 0 Å². The molecular formula is C14H13NO4. The molecule has 0 radical (unpaired) electrons. The van der Waals surface area contributed by atoms with Gasteiger partial charge in [0.15, 0.2) is 5.76 Å². The second kappa shape index (κ2) is 5.39. The van der Waals surface area contributed by atoms with Gasteiger partial charge in [-0.15, -0.1) is 0 Å². The van der Waals surface area contributed by atoms with Gasteiger partial charge in [-0.2, -0.15) is 0 Å². The molecule has 5 nitrogen and oxygen atoms in total. The molecule has 0 saturated carbocycles. The molecule has 19 heavy (non-hydrogen) atoms. The standard InChI is InChI=1S/C14H13NO4/c1-9-2-4-10(5-3-9)15-14(18)12-7-6-11(19-12)8-13(16)17/h2-7H,8H2,1H3,(H,15,18)(H,16,17). The Morgan fingerprint density at radius 2 is 1.84 bits per heavy atom. The number of hydrogen-bond acceptors (Lipinski definition) is 3. The normalized spacial score (nSPS) is 10.2. The molecule has 0 aliphatic rings. The van der Waals surface area contributed by atoms with Gasteiger partial charge in [-0.1, -0.05) is 17.7 Å². The van der Waals surface area contributed by atoms with Crippen molar-refractivity contribution in [1.29, 1.82) is 0 Å². The van der Waals surface area contributed by atoms with Crippen molar-refractivity contribution >= 4 is 17.6 Å². The number of carboxylic acid groups (broad SMARTS) is 1. The lowest BCUT2D eigenvalue weighted by Gasteiger charge is -2.03. The van der Waals surface area contributed by atoms with Crippen molar-refractivity contribution in [3.8, 4) is 0 Å². The van der Waals surface area contributed by atoms with Gasteiger partial charge in [-0.25, -0.2) is 0 Å². The van der Waals surface area contributed by atoms with Crippen LogP contribution in [0.3, 0.4) is 0 Å². The Labute approximate surface area is 109 Å². The van der Waals surface area contributed by atoms with Gasteiger partial charge in [-0.3, -0.25) is 9.59 Å². The predicted octanol–water partition coefficient (Wildman–Crippen LogP) is 2.47. The number of furan rings is 1. The Balaban J connectivity index is 2.05. The van der Waals surface area contributed by atoms with Crippen molar-refractivity contribution in [1.82, 2.24) is 0 Å². The largest absolute Gasteiger partial charge is 0.481 e. The van der Waals surface area contributed by atoms with E-state index in [1.807, 2.05) is 19.1 Å². The van der Waals surface area contributed by atoms with Gasteiger partial charge in [0.2, 0.25) is 0 Å². The van der Waals surface area contributed by atoms with Crippen LogP contribution in [0, 0.1) is 6.92 Å². The number of carboxylic acids is 1. The minimum atomic E-state index is -1.00. The average molecular weight is 259 g/mol. The molecule has 2 rings (SSSR count). The van der Waals surface area contributed by atoms with Crippen LogP contribution in [0.15, 0.2) is 40.8 Å². The van der Waals surface area contributed by atoms with E-state index in [0.29, 0.717) is 5.69 Å². The van der Waals surface area contributed by atoms with Crippen LogP contribution in [-0.2, 0) is 11.2 Å². The fourth-order valence-corrected chi connectivity index (χ4v) is 1.57. The summed E-state index contributed by atoms with van der Waals surface area (Å²) < 4.78 is 5.16. The highest BCUT2D eigenvalue weighted by Crippen LogP contribution is 2.13. The number of anilines is 1. The summed E-state index contributed by atoms with van der Waals surface area (Å²) in [7, 11) is 0. The molecule has 0 aliphatic heterocycles. The van der Waals surface area contributed by atoms with Gasteiger partial charge in [0.25, 0.3) is 5.91 Å². The molecule has 5 heteroatoms. The third kappa shape index (κ3) is 3.45. The molecule has 0 spiro atoms. The van der Waals surface area contributed by atoms with Crippen LogP contribution in [0.25, 0.3) is 0 Å². The average Bonchev–Trinajstić information content (AvgIpc) is 2.80. The molecule has 1 aromatic carbocycles. The highest BCUT2D eigenvalue weighted by Gasteiger charge is 2.12. The summed E-state index contributed by atoms with van der Waals surface area (Å²) >= 11 is 0. The number of hydrogen-bond donors (Lipinski definition) is 2. The number of rotatable bonds is 4. The topological polar surface area (TPSA) is 79.5 Å². The van der Waals surface area contributed by atoms with E-state index in [0.717, 1.165) is 5.56 Å². The Morgan fingerprint density at radius 3 is 2.47 bits per heavy atom. The van der Waals surface area contributed by atoms with Gasteiger partial charge in [-0.05, 0) is 31.2 Å². The molecule has 0 unspecified atom stereocenters. The van der Waals surface area contributed by atoms with Crippen LogP contribution in [0.4, 0.5) is 5.69 Å². The molecular weight excluding hydrogens is 246 g/mol. The van der Waals surface area contributed by atoms with Crippen molar-refractivity contribution < 1.29 is 19.1 Å². The Kier molecular flexibility index (Phi) is 3.66. The molecule has 0 saturated heterocycles. The molecule has 0 fully saturated rings. The fourth-order valence-electron chi connectivity index (χ4n) is 1.57. The summed E-state index contributed by atoms with van der Waals surface area (Å²) in [6.45, 7) is 1.95. The zero-order chi connectivity index (χ0) is 13.8. The van der Waals surface area contributed by atoms with Gasteiger partial charge >= 0.3 is 5.97 Å². The Hall–Kier alpha value is -2.56. The van der Waals surface area contributed by atoms with Crippen LogP contribution in [-0.4, -0.2) is 17.0 Å². The molecule has 2 N–H and O–H groups in total. The maximum Gasteiger partial charge on any atom is 0.311 e. The smallest absolute Gasteiger partial charge is 0.311 e. The summed E-state index contributed by atoms with van der Waals surface area (Å²) in [6.07, 6.45) is -0.238. The third-order valence-corrected chi connectivity index (χ3v) is 2.52. The van der Waals surface area contributed by atoms with E-state index < -0.39 is 11.9 Å². The molecule has 98 valence electrons. The van der Waals surface area contributed by atoms with Crippen LogP contribution >= 0.6 is 0 Å². The van der Waals surface area contributed by atoms with Crippen LogP contribution in [0.1, 0.15) is 21.9 Å². The third-order valence-electron chi connectivity index (χ3n) is 2.52. The summed E-state index contributed by atoms with van der Waals surface area (Å²) in [4.78, 5) is 22.4. The monoisotopic (exact) mass is 259 g/mol. The SMILES string of the molecule is Cc1ccc(NC(=O)c2ccc(CC(=O)O)o2)cc1. The van der Waals surface area contributed by atoms with Crippen LogP contribution in [0.5, 0.6) is 0 Å². The molecule has 0 atom stereocenters. The Morgan fingerprint density at radius 1 is 1.16 bits per heavy atom. The first-order chi connectivity index (χ1) is 9.04. The quantitative estimate of drug-likeness (QED) is 0.883. The second-order valence-corrected chi connectivity index (χ2v) is 4.16. The van der Waals surface area contributed by atoms with E-state index in [-0.39, 0.29) is 17.9 Å². The highest BCUT2D eigenvalue weighted by atomic mass is 16.4. The van der Waals surface area contributed by atoms with Gasteiger partial charge in [0.1, 0.15) is 12.2 Å². The lowest BCUT2D eigenvalue weighted by molar-refractivity contribution is -0.136. The van der Waals surface area contributed by atoms with Gasteiger partial charge < -0.3 is 14.8 Å². The predicted molar refractivity (Wildman–Crippen MR) is 69.2 cm³/mol. The lowest BCUT2D eigenvalue weighted by atomic mass is 10.2. The first kappa shape index (κ1) is 12.9. The number of amides is 1. The van der Waals surface area contributed by atoms with Crippen LogP contribution in [0.2, 0.25) is 0 Å². The molecule has 2 aromatic rings. The minimum absolute atomic E-state index is 0.0943. The number of benzene rings is 1. The van der Waals surface area contributed by atoms with E-state index in [2.05, 4.69) is 5.32 Å². The summed E-state index contributed by atoms with van der Waals surface area (Å²) in [5.41, 5.74) is 1.76. The highest BCUT2D eigenvalue weighted by molar-refractivity contribution is 6.02. The van der Waals surface area contributed by atoms with E-state index in [4.69, 9.17) is 9.52 Å². The summed E-state index contributed by atoms with van der Waals surface area (Å²) in [5, 5.41) is 11.3. The maximum absolute atomic E-state index is 11.8. The number of carbonyl (C=O) groups excluding carboxylic acids is 1. The number of aryl methyl sites for hydroxylation is 1. The first-order valence-electron chi connectivity index (χ1n) is 5.73. The number of carbonyl (C=O) groups is 2. The van der Waals surface area contributed by atoms with Crippen molar-refractivity contribution in [2.75, 3.05) is 5.32 Å². The first-order valence-corrected chi connectivity index (χ1v) is 5.73.